The van der Waals surface area contributed by atoms with Gasteiger partial charge in [0.2, 0.25) is 0 Å². The first kappa shape index (κ1) is 15.8. The summed E-state index contributed by atoms with van der Waals surface area (Å²) in [5, 5.41) is 23.0. The van der Waals surface area contributed by atoms with Gasteiger partial charge in [0.1, 0.15) is 0 Å². The topological polar surface area (TPSA) is 98.7 Å². The lowest BCUT2D eigenvalue weighted by atomic mass is 9.94. The Morgan fingerprint density at radius 2 is 2.05 bits per heavy atom. The Labute approximate surface area is 113 Å². The van der Waals surface area contributed by atoms with Crippen molar-refractivity contribution < 1.29 is 19.8 Å². The number of urea groups is 1. The Kier molecular flexibility index (Phi) is 6.08. The molecular formula is C13H24N2O4. The van der Waals surface area contributed by atoms with Gasteiger partial charge in [-0.15, -0.1) is 0 Å². The average Bonchev–Trinajstić information content (AvgIpc) is 2.70. The highest BCUT2D eigenvalue weighted by atomic mass is 16.4. The van der Waals surface area contributed by atoms with E-state index in [1.165, 1.54) is 0 Å². The maximum absolute atomic E-state index is 11.6. The summed E-state index contributed by atoms with van der Waals surface area (Å²) in [6.45, 7) is 4.47. The molecule has 0 heterocycles. The minimum atomic E-state index is -1.42. The van der Waals surface area contributed by atoms with Crippen LogP contribution in [0.15, 0.2) is 0 Å². The van der Waals surface area contributed by atoms with Crippen molar-refractivity contribution in [2.24, 2.45) is 11.8 Å². The van der Waals surface area contributed by atoms with Crippen molar-refractivity contribution in [2.75, 3.05) is 6.54 Å². The van der Waals surface area contributed by atoms with Crippen LogP contribution in [-0.2, 0) is 4.79 Å². The van der Waals surface area contributed by atoms with E-state index in [-0.39, 0.29) is 25.0 Å². The number of carboxylic acids is 1. The number of carboxylic acid groups (broad SMARTS) is 1. The van der Waals surface area contributed by atoms with Crippen LogP contribution in [0.3, 0.4) is 0 Å². The quantitative estimate of drug-likeness (QED) is 0.578. The highest BCUT2D eigenvalue weighted by molar-refractivity contribution is 5.74. The summed E-state index contributed by atoms with van der Waals surface area (Å²) in [6.07, 6.45) is 1.85. The first-order chi connectivity index (χ1) is 8.95. The van der Waals surface area contributed by atoms with E-state index < -0.39 is 12.1 Å². The lowest BCUT2D eigenvalue weighted by Gasteiger charge is -2.21. The molecule has 110 valence electrons. The molecule has 4 N–H and O–H groups in total. The number of aliphatic carboxylic acids is 1. The first-order valence-electron chi connectivity index (χ1n) is 6.91. The van der Waals surface area contributed by atoms with E-state index >= 15 is 0 Å². The summed E-state index contributed by atoms with van der Waals surface area (Å²) in [7, 11) is 0. The van der Waals surface area contributed by atoms with Crippen molar-refractivity contribution in [2.45, 2.75) is 51.7 Å². The molecule has 1 aliphatic rings. The second-order valence-electron chi connectivity index (χ2n) is 5.25. The van der Waals surface area contributed by atoms with Crippen LogP contribution in [0.4, 0.5) is 4.79 Å². The SMILES string of the molecule is CCC1CCC(NC(=O)NCC[C@H](O)C(=O)O)C1C. The average molecular weight is 272 g/mol. The van der Waals surface area contributed by atoms with E-state index in [0.29, 0.717) is 11.8 Å². The zero-order valence-electron chi connectivity index (χ0n) is 11.6. The summed E-state index contributed by atoms with van der Waals surface area (Å²) >= 11 is 0. The Morgan fingerprint density at radius 3 is 2.58 bits per heavy atom. The molecule has 1 aliphatic carbocycles. The predicted octanol–water partition coefficient (Wildman–Crippen LogP) is 0.946. The highest BCUT2D eigenvalue weighted by Gasteiger charge is 2.32. The fraction of sp³-hybridized carbons (Fsp3) is 0.846. The molecule has 4 atom stereocenters. The van der Waals surface area contributed by atoms with Gasteiger partial charge in [0, 0.05) is 19.0 Å². The predicted molar refractivity (Wildman–Crippen MR) is 70.8 cm³/mol. The third-order valence-corrected chi connectivity index (χ3v) is 4.06. The third kappa shape index (κ3) is 4.70. The minimum absolute atomic E-state index is 0.0144. The number of rotatable bonds is 6. The molecule has 0 spiro atoms. The van der Waals surface area contributed by atoms with Crippen LogP contribution in [0.25, 0.3) is 0 Å². The Balaban J connectivity index is 2.23. The molecule has 1 fully saturated rings. The molecule has 0 aromatic carbocycles. The van der Waals surface area contributed by atoms with Gasteiger partial charge < -0.3 is 20.8 Å². The molecule has 0 bridgehead atoms. The molecule has 0 aromatic heterocycles. The van der Waals surface area contributed by atoms with Crippen molar-refractivity contribution in [3.63, 3.8) is 0 Å². The summed E-state index contributed by atoms with van der Waals surface area (Å²) in [5.41, 5.74) is 0. The molecule has 0 aromatic rings. The number of aliphatic hydroxyl groups is 1. The number of hydrogen-bond acceptors (Lipinski definition) is 3. The molecule has 0 radical (unpaired) electrons. The molecule has 19 heavy (non-hydrogen) atoms. The van der Waals surface area contributed by atoms with E-state index in [9.17, 15) is 9.59 Å². The van der Waals surface area contributed by atoms with Crippen molar-refractivity contribution in [3.8, 4) is 0 Å². The lowest BCUT2D eigenvalue weighted by molar-refractivity contribution is -0.146. The first-order valence-corrected chi connectivity index (χ1v) is 6.91. The summed E-state index contributed by atoms with van der Waals surface area (Å²) in [4.78, 5) is 22.0. The van der Waals surface area contributed by atoms with Gasteiger partial charge in [-0.05, 0) is 24.7 Å². The monoisotopic (exact) mass is 272 g/mol. The molecule has 2 amide bonds. The maximum atomic E-state index is 11.6. The third-order valence-electron chi connectivity index (χ3n) is 4.06. The Hall–Kier alpha value is -1.30. The zero-order valence-corrected chi connectivity index (χ0v) is 11.6. The van der Waals surface area contributed by atoms with Gasteiger partial charge in [-0.1, -0.05) is 20.3 Å². The summed E-state index contributed by atoms with van der Waals surface area (Å²) in [5.74, 6) is -0.128. The molecule has 6 nitrogen and oxygen atoms in total. The highest BCUT2D eigenvalue weighted by Crippen LogP contribution is 2.33. The van der Waals surface area contributed by atoms with Crippen LogP contribution in [0.5, 0.6) is 0 Å². The van der Waals surface area contributed by atoms with E-state index in [0.717, 1.165) is 19.3 Å². The van der Waals surface area contributed by atoms with Crippen LogP contribution in [-0.4, -0.2) is 40.9 Å². The molecule has 1 saturated carbocycles. The molecule has 0 saturated heterocycles. The van der Waals surface area contributed by atoms with Crippen LogP contribution in [0.2, 0.25) is 0 Å². The minimum Gasteiger partial charge on any atom is -0.479 e. The molecule has 0 aliphatic heterocycles. The molecule has 3 unspecified atom stereocenters. The summed E-state index contributed by atoms with van der Waals surface area (Å²) < 4.78 is 0. The maximum Gasteiger partial charge on any atom is 0.332 e. The normalized spacial score (nSPS) is 27.8. The number of carbonyl (C=O) groups is 2. The van der Waals surface area contributed by atoms with Crippen LogP contribution < -0.4 is 10.6 Å². The Bertz CT molecular complexity index is 322. The fourth-order valence-corrected chi connectivity index (χ4v) is 2.69. The van der Waals surface area contributed by atoms with Crippen LogP contribution >= 0.6 is 0 Å². The summed E-state index contributed by atoms with van der Waals surface area (Å²) in [6, 6.07) is -0.0967. The standard InChI is InChI=1S/C13H24N2O4/c1-3-9-4-5-10(8(9)2)15-13(19)14-7-6-11(16)12(17)18/h8-11,16H,3-7H2,1-2H3,(H,17,18)(H2,14,15,19)/t8?,9?,10?,11-/m0/s1. The number of hydrogen-bond donors (Lipinski definition) is 4. The van der Waals surface area contributed by atoms with Crippen molar-refractivity contribution in [1.29, 1.82) is 0 Å². The molecule has 6 heteroatoms. The molecular weight excluding hydrogens is 248 g/mol. The number of amides is 2. The van der Waals surface area contributed by atoms with Gasteiger partial charge >= 0.3 is 12.0 Å². The largest absolute Gasteiger partial charge is 0.479 e. The van der Waals surface area contributed by atoms with Crippen LogP contribution in [0.1, 0.15) is 39.5 Å². The van der Waals surface area contributed by atoms with Gasteiger partial charge in [-0.2, -0.15) is 0 Å². The zero-order chi connectivity index (χ0) is 14.4. The van der Waals surface area contributed by atoms with E-state index in [4.69, 9.17) is 10.2 Å². The van der Waals surface area contributed by atoms with Gasteiger partial charge in [0.15, 0.2) is 6.10 Å². The van der Waals surface area contributed by atoms with Crippen molar-refractivity contribution in [3.05, 3.63) is 0 Å². The van der Waals surface area contributed by atoms with E-state index in [1.54, 1.807) is 0 Å². The van der Waals surface area contributed by atoms with Gasteiger partial charge in [-0.25, -0.2) is 9.59 Å². The second kappa shape index (κ2) is 7.33. The smallest absolute Gasteiger partial charge is 0.332 e. The fourth-order valence-electron chi connectivity index (χ4n) is 2.69. The molecule has 1 rings (SSSR count). The second-order valence-corrected chi connectivity index (χ2v) is 5.25. The van der Waals surface area contributed by atoms with E-state index in [2.05, 4.69) is 24.5 Å². The van der Waals surface area contributed by atoms with Crippen molar-refractivity contribution in [1.82, 2.24) is 10.6 Å². The van der Waals surface area contributed by atoms with Gasteiger partial charge in [0.05, 0.1) is 0 Å². The van der Waals surface area contributed by atoms with E-state index in [1.807, 2.05) is 0 Å². The van der Waals surface area contributed by atoms with Crippen LogP contribution in [0, 0.1) is 11.8 Å². The number of aliphatic hydroxyl groups excluding tert-OH is 1. The number of nitrogens with one attached hydrogen (secondary N) is 2. The number of carbonyl (C=O) groups excluding carboxylic acids is 1. The van der Waals surface area contributed by atoms with Gasteiger partial charge in [-0.3, -0.25) is 0 Å². The Morgan fingerprint density at radius 1 is 1.37 bits per heavy atom. The van der Waals surface area contributed by atoms with Crippen molar-refractivity contribution >= 4 is 12.0 Å². The van der Waals surface area contributed by atoms with Gasteiger partial charge in [0.25, 0.3) is 0 Å². The lowest BCUT2D eigenvalue weighted by Crippen LogP contribution is -2.44.